The number of anilines is 1. The van der Waals surface area contributed by atoms with Gasteiger partial charge in [0, 0.05) is 6.07 Å². The number of nitrogens with one attached hydrogen (secondary N) is 2. The van der Waals surface area contributed by atoms with E-state index in [1.165, 1.54) is 12.1 Å². The van der Waals surface area contributed by atoms with Gasteiger partial charge in [0.15, 0.2) is 0 Å². The van der Waals surface area contributed by atoms with Gasteiger partial charge in [0.05, 0.1) is 28.8 Å². The molecule has 2 amide bonds. The maximum atomic E-state index is 11.8. The van der Waals surface area contributed by atoms with Crippen molar-refractivity contribution < 1.29 is 19.9 Å². The quantitative estimate of drug-likeness (QED) is 0.384. The molecular formula is C13H17N3O5. The summed E-state index contributed by atoms with van der Waals surface area (Å²) in [5.41, 5.74) is -0.190. The first kappa shape index (κ1) is 15.0. The zero-order valence-electron chi connectivity index (χ0n) is 11.3. The fourth-order valence-corrected chi connectivity index (χ4v) is 2.35. The fourth-order valence-electron chi connectivity index (χ4n) is 2.35. The normalized spacial score (nSPS) is 21.6. The molecule has 2 atom stereocenters. The van der Waals surface area contributed by atoms with Crippen LogP contribution >= 0.6 is 0 Å². The first-order valence-corrected chi connectivity index (χ1v) is 6.70. The number of nitro groups is 1. The molecule has 1 aliphatic carbocycles. The summed E-state index contributed by atoms with van der Waals surface area (Å²) in [4.78, 5) is 21.7. The van der Waals surface area contributed by atoms with E-state index in [1.807, 2.05) is 0 Å². The van der Waals surface area contributed by atoms with Gasteiger partial charge in [-0.2, -0.15) is 0 Å². The van der Waals surface area contributed by atoms with Gasteiger partial charge in [-0.05, 0) is 18.9 Å². The molecule has 0 aromatic heterocycles. The van der Waals surface area contributed by atoms with Crippen molar-refractivity contribution in [3.63, 3.8) is 0 Å². The Labute approximate surface area is 120 Å². The summed E-state index contributed by atoms with van der Waals surface area (Å²) in [6.07, 6.45) is 2.64. The van der Waals surface area contributed by atoms with E-state index < -0.39 is 17.1 Å². The van der Waals surface area contributed by atoms with E-state index in [4.69, 9.17) is 0 Å². The number of urea groups is 1. The summed E-state index contributed by atoms with van der Waals surface area (Å²) in [5, 5.41) is 35.0. The minimum Gasteiger partial charge on any atom is -0.506 e. The molecule has 8 heteroatoms. The number of non-ortho nitro benzene ring substituents is 1. The van der Waals surface area contributed by atoms with Crippen molar-refractivity contribution in [3.8, 4) is 5.75 Å². The summed E-state index contributed by atoms with van der Waals surface area (Å²) in [6.45, 7) is 0. The van der Waals surface area contributed by atoms with E-state index in [2.05, 4.69) is 10.6 Å². The van der Waals surface area contributed by atoms with Gasteiger partial charge in [-0.25, -0.2) is 4.79 Å². The highest BCUT2D eigenvalue weighted by atomic mass is 16.6. The van der Waals surface area contributed by atoms with E-state index in [0.29, 0.717) is 12.8 Å². The van der Waals surface area contributed by atoms with Gasteiger partial charge in [0.2, 0.25) is 0 Å². The number of rotatable bonds is 3. The van der Waals surface area contributed by atoms with Gasteiger partial charge < -0.3 is 20.8 Å². The Bertz CT molecular complexity index is 549. The standard InChI is InChI=1S/C13H17N3O5/c17-11-4-2-1-3-9(11)14-13(19)15-10-6-5-8(16(20)21)7-12(10)18/h5-7,9,11,17-18H,1-4H2,(H2,14,15,19)/t9-,11-/m0/s1. The van der Waals surface area contributed by atoms with Crippen molar-refractivity contribution >= 4 is 17.4 Å². The monoisotopic (exact) mass is 295 g/mol. The lowest BCUT2D eigenvalue weighted by atomic mass is 9.93. The fraction of sp³-hybridized carbons (Fsp3) is 0.462. The second-order valence-electron chi connectivity index (χ2n) is 5.02. The minimum atomic E-state index is -0.637. The van der Waals surface area contributed by atoms with E-state index in [9.17, 15) is 25.1 Å². The molecule has 1 aromatic rings. The molecule has 2 rings (SSSR count). The van der Waals surface area contributed by atoms with Crippen LogP contribution in [0, 0.1) is 10.1 Å². The number of aliphatic hydroxyl groups is 1. The molecule has 1 aromatic carbocycles. The van der Waals surface area contributed by atoms with Gasteiger partial charge >= 0.3 is 6.03 Å². The van der Waals surface area contributed by atoms with Crippen LogP contribution in [0.15, 0.2) is 18.2 Å². The number of phenolic OH excluding ortho intramolecular Hbond substituents is 1. The number of aromatic hydroxyl groups is 1. The van der Waals surface area contributed by atoms with E-state index in [1.54, 1.807) is 0 Å². The van der Waals surface area contributed by atoms with Crippen LogP contribution in [0.2, 0.25) is 0 Å². The molecule has 0 unspecified atom stereocenters. The number of phenols is 1. The van der Waals surface area contributed by atoms with Crippen LogP contribution in [0.25, 0.3) is 0 Å². The van der Waals surface area contributed by atoms with Crippen molar-refractivity contribution in [2.75, 3.05) is 5.32 Å². The highest BCUT2D eigenvalue weighted by molar-refractivity contribution is 5.91. The molecule has 0 saturated heterocycles. The highest BCUT2D eigenvalue weighted by Gasteiger charge is 2.24. The Kier molecular flexibility index (Phi) is 4.59. The third-order valence-electron chi connectivity index (χ3n) is 3.49. The van der Waals surface area contributed by atoms with Crippen molar-refractivity contribution in [1.29, 1.82) is 0 Å². The molecule has 0 aliphatic heterocycles. The molecule has 4 N–H and O–H groups in total. The van der Waals surface area contributed by atoms with Crippen LogP contribution in [0.5, 0.6) is 5.75 Å². The zero-order valence-corrected chi connectivity index (χ0v) is 11.3. The average molecular weight is 295 g/mol. The number of hydrogen-bond acceptors (Lipinski definition) is 5. The van der Waals surface area contributed by atoms with E-state index >= 15 is 0 Å². The van der Waals surface area contributed by atoms with Crippen LogP contribution in [-0.2, 0) is 0 Å². The predicted octanol–water partition coefficient (Wildman–Crippen LogP) is 1.73. The largest absolute Gasteiger partial charge is 0.506 e. The molecule has 0 heterocycles. The molecule has 21 heavy (non-hydrogen) atoms. The number of benzene rings is 1. The SMILES string of the molecule is O=C(Nc1ccc([N+](=O)[O-])cc1O)N[C@H]1CCCC[C@@H]1O. The number of aliphatic hydroxyl groups excluding tert-OH is 1. The van der Waals surface area contributed by atoms with E-state index in [-0.39, 0.29) is 23.2 Å². The van der Waals surface area contributed by atoms with Gasteiger partial charge in [-0.1, -0.05) is 12.8 Å². The third kappa shape index (κ3) is 3.82. The lowest BCUT2D eigenvalue weighted by Crippen LogP contribution is -2.46. The first-order chi connectivity index (χ1) is 9.97. The van der Waals surface area contributed by atoms with Crippen molar-refractivity contribution in [1.82, 2.24) is 5.32 Å². The van der Waals surface area contributed by atoms with Crippen LogP contribution in [-0.4, -0.2) is 33.3 Å². The molecule has 8 nitrogen and oxygen atoms in total. The van der Waals surface area contributed by atoms with Crippen LogP contribution < -0.4 is 10.6 Å². The summed E-state index contributed by atoms with van der Waals surface area (Å²) in [7, 11) is 0. The molecule has 1 fully saturated rings. The van der Waals surface area contributed by atoms with Crippen molar-refractivity contribution in [2.45, 2.75) is 37.8 Å². The van der Waals surface area contributed by atoms with Crippen molar-refractivity contribution in [2.24, 2.45) is 0 Å². The minimum absolute atomic E-state index is 0.0726. The molecule has 114 valence electrons. The maximum absolute atomic E-state index is 11.8. The Morgan fingerprint density at radius 2 is 2.05 bits per heavy atom. The lowest BCUT2D eigenvalue weighted by molar-refractivity contribution is -0.384. The van der Waals surface area contributed by atoms with Gasteiger partial charge in [0.25, 0.3) is 5.69 Å². The van der Waals surface area contributed by atoms with Gasteiger partial charge in [-0.15, -0.1) is 0 Å². The topological polar surface area (TPSA) is 125 Å². The summed E-state index contributed by atoms with van der Waals surface area (Å²) in [6, 6.07) is 2.52. The summed E-state index contributed by atoms with van der Waals surface area (Å²) in [5.74, 6) is -0.386. The molecule has 0 radical (unpaired) electrons. The third-order valence-corrected chi connectivity index (χ3v) is 3.49. The predicted molar refractivity (Wildman–Crippen MR) is 75.2 cm³/mol. The summed E-state index contributed by atoms with van der Waals surface area (Å²) < 4.78 is 0. The second-order valence-corrected chi connectivity index (χ2v) is 5.02. The van der Waals surface area contributed by atoms with Crippen LogP contribution in [0.4, 0.5) is 16.2 Å². The Morgan fingerprint density at radius 3 is 2.67 bits per heavy atom. The molecule has 1 aliphatic rings. The summed E-state index contributed by atoms with van der Waals surface area (Å²) >= 11 is 0. The number of carbonyl (C=O) groups is 1. The lowest BCUT2D eigenvalue weighted by Gasteiger charge is -2.28. The van der Waals surface area contributed by atoms with Crippen LogP contribution in [0.3, 0.4) is 0 Å². The molecule has 1 saturated carbocycles. The Morgan fingerprint density at radius 1 is 1.33 bits per heavy atom. The zero-order chi connectivity index (χ0) is 15.4. The number of carbonyl (C=O) groups excluding carboxylic acids is 1. The highest BCUT2D eigenvalue weighted by Crippen LogP contribution is 2.28. The first-order valence-electron chi connectivity index (χ1n) is 6.70. The Hall–Kier alpha value is -2.35. The average Bonchev–Trinajstić information content (AvgIpc) is 2.43. The molecule has 0 bridgehead atoms. The number of nitro benzene ring substituents is 1. The molecule has 0 spiro atoms. The van der Waals surface area contributed by atoms with Crippen molar-refractivity contribution in [3.05, 3.63) is 28.3 Å². The Balaban J connectivity index is 1.97. The van der Waals surface area contributed by atoms with Gasteiger partial charge in [0.1, 0.15) is 5.75 Å². The van der Waals surface area contributed by atoms with Gasteiger partial charge in [-0.3, -0.25) is 10.1 Å². The maximum Gasteiger partial charge on any atom is 0.319 e. The molecular weight excluding hydrogens is 278 g/mol. The van der Waals surface area contributed by atoms with Crippen LogP contribution in [0.1, 0.15) is 25.7 Å². The van der Waals surface area contributed by atoms with E-state index in [0.717, 1.165) is 18.9 Å². The second kappa shape index (κ2) is 6.40. The smallest absolute Gasteiger partial charge is 0.319 e. The number of hydrogen-bond donors (Lipinski definition) is 4. The number of amides is 2. The number of nitrogens with zero attached hydrogens (tertiary/aromatic N) is 1.